The van der Waals surface area contributed by atoms with E-state index in [1.54, 1.807) is 0 Å². The molecule has 1 aliphatic rings. The van der Waals surface area contributed by atoms with Crippen molar-refractivity contribution in [3.63, 3.8) is 0 Å². The zero-order chi connectivity index (χ0) is 14.0. The Kier molecular flexibility index (Phi) is 3.88. The Morgan fingerprint density at radius 1 is 1.16 bits per heavy atom. The molecule has 0 radical (unpaired) electrons. The molecule has 0 aromatic carbocycles. The number of hydrogen-bond donors (Lipinski definition) is 0. The van der Waals surface area contributed by atoms with Gasteiger partial charge in [-0.05, 0) is 25.0 Å². The smallest absolute Gasteiger partial charge is 0.151 e. The third-order valence-corrected chi connectivity index (χ3v) is 3.84. The van der Waals surface area contributed by atoms with E-state index in [1.165, 1.54) is 0 Å². The van der Waals surface area contributed by atoms with Crippen LogP contribution >= 0.6 is 0 Å². The molecule has 0 spiro atoms. The maximum Gasteiger partial charge on any atom is 0.151 e. The van der Waals surface area contributed by atoms with E-state index >= 15 is 0 Å². The molecule has 4 nitrogen and oxygen atoms in total. The van der Waals surface area contributed by atoms with Gasteiger partial charge in [0.05, 0.1) is 5.69 Å². The van der Waals surface area contributed by atoms with Crippen LogP contribution < -0.4 is 4.90 Å². The lowest BCUT2D eigenvalue weighted by atomic mass is 9.92. The highest BCUT2D eigenvalue weighted by Gasteiger charge is 2.23. The van der Waals surface area contributed by atoms with Crippen molar-refractivity contribution in [2.24, 2.45) is 0 Å². The standard InChI is InChI=1S/C15H23N3O/c1-15(2,3)13-9-10-14(17-16-13)18(4)11-5-7-12(19)8-6-11/h9-11H,5-8H2,1-4H3. The Morgan fingerprint density at radius 2 is 1.79 bits per heavy atom. The van der Waals surface area contributed by atoms with E-state index in [0.29, 0.717) is 24.7 Å². The largest absolute Gasteiger partial charge is 0.355 e. The summed E-state index contributed by atoms with van der Waals surface area (Å²) in [6.07, 6.45) is 3.25. The molecule has 2 rings (SSSR count). The molecule has 0 amide bonds. The molecular formula is C15H23N3O. The maximum atomic E-state index is 11.3. The van der Waals surface area contributed by atoms with Crippen LogP contribution in [0.15, 0.2) is 12.1 Å². The van der Waals surface area contributed by atoms with Gasteiger partial charge in [-0.2, -0.15) is 5.10 Å². The second-order valence-corrected chi connectivity index (χ2v) is 6.41. The normalized spacial score (nSPS) is 17.6. The molecule has 1 aliphatic carbocycles. The van der Waals surface area contributed by atoms with Crippen LogP contribution in [0, 0.1) is 0 Å². The summed E-state index contributed by atoms with van der Waals surface area (Å²) < 4.78 is 0. The Morgan fingerprint density at radius 3 is 2.26 bits per heavy atom. The first-order chi connectivity index (χ1) is 8.88. The van der Waals surface area contributed by atoms with Gasteiger partial charge in [0.1, 0.15) is 5.78 Å². The van der Waals surface area contributed by atoms with Crippen molar-refractivity contribution in [2.75, 3.05) is 11.9 Å². The lowest BCUT2D eigenvalue weighted by Gasteiger charge is -2.31. The van der Waals surface area contributed by atoms with Crippen molar-refractivity contribution in [3.8, 4) is 0 Å². The lowest BCUT2D eigenvalue weighted by molar-refractivity contribution is -0.120. The zero-order valence-electron chi connectivity index (χ0n) is 12.3. The number of hydrogen-bond acceptors (Lipinski definition) is 4. The number of rotatable bonds is 2. The highest BCUT2D eigenvalue weighted by Crippen LogP contribution is 2.25. The number of anilines is 1. The van der Waals surface area contributed by atoms with Crippen molar-refractivity contribution in [1.82, 2.24) is 10.2 Å². The van der Waals surface area contributed by atoms with Crippen LogP contribution in [0.25, 0.3) is 0 Å². The van der Waals surface area contributed by atoms with Gasteiger partial charge in [-0.3, -0.25) is 4.79 Å². The predicted octanol–water partition coefficient (Wildman–Crippen LogP) is 2.72. The number of carbonyl (C=O) groups excluding carboxylic acids is 1. The second kappa shape index (κ2) is 5.27. The van der Waals surface area contributed by atoms with Gasteiger partial charge < -0.3 is 4.90 Å². The topological polar surface area (TPSA) is 46.1 Å². The second-order valence-electron chi connectivity index (χ2n) is 6.41. The average molecular weight is 261 g/mol. The number of nitrogens with zero attached hydrogens (tertiary/aromatic N) is 3. The molecular weight excluding hydrogens is 238 g/mol. The van der Waals surface area contributed by atoms with Gasteiger partial charge in [0.15, 0.2) is 5.82 Å². The van der Waals surface area contributed by atoms with Gasteiger partial charge in [0, 0.05) is 31.3 Å². The summed E-state index contributed by atoms with van der Waals surface area (Å²) in [4.78, 5) is 13.4. The number of carbonyl (C=O) groups is 1. The zero-order valence-corrected chi connectivity index (χ0v) is 12.3. The molecule has 1 saturated carbocycles. The molecule has 4 heteroatoms. The van der Waals surface area contributed by atoms with E-state index in [1.807, 2.05) is 19.2 Å². The first-order valence-corrected chi connectivity index (χ1v) is 6.96. The molecule has 1 heterocycles. The summed E-state index contributed by atoms with van der Waals surface area (Å²) in [5.41, 5.74) is 1.03. The van der Waals surface area contributed by atoms with E-state index in [4.69, 9.17) is 0 Å². The molecule has 0 saturated heterocycles. The van der Waals surface area contributed by atoms with E-state index in [2.05, 4.69) is 35.9 Å². The lowest BCUT2D eigenvalue weighted by Crippen LogP contribution is -2.36. The number of aromatic nitrogens is 2. The average Bonchev–Trinajstić information content (AvgIpc) is 2.38. The third kappa shape index (κ3) is 3.31. The third-order valence-electron chi connectivity index (χ3n) is 3.84. The first-order valence-electron chi connectivity index (χ1n) is 6.96. The molecule has 0 N–H and O–H groups in total. The molecule has 19 heavy (non-hydrogen) atoms. The van der Waals surface area contributed by atoms with Gasteiger partial charge in [0.25, 0.3) is 0 Å². The molecule has 104 valence electrons. The molecule has 1 fully saturated rings. The van der Waals surface area contributed by atoms with E-state index < -0.39 is 0 Å². The number of Topliss-reactive ketones (excluding diaryl/α,β-unsaturated/α-hetero) is 1. The summed E-state index contributed by atoms with van der Waals surface area (Å²) in [6, 6.07) is 4.49. The van der Waals surface area contributed by atoms with Crippen LogP contribution in [0.1, 0.15) is 52.1 Å². The van der Waals surface area contributed by atoms with Gasteiger partial charge in [0.2, 0.25) is 0 Å². The molecule has 1 aromatic rings. The van der Waals surface area contributed by atoms with Crippen LogP contribution in [0.4, 0.5) is 5.82 Å². The minimum absolute atomic E-state index is 0.0291. The highest BCUT2D eigenvalue weighted by atomic mass is 16.1. The quantitative estimate of drug-likeness (QED) is 0.821. The summed E-state index contributed by atoms with van der Waals surface area (Å²) in [5, 5.41) is 8.65. The highest BCUT2D eigenvalue weighted by molar-refractivity contribution is 5.79. The Hall–Kier alpha value is -1.45. The fourth-order valence-electron chi connectivity index (χ4n) is 2.41. The Labute approximate surface area is 115 Å². The van der Waals surface area contributed by atoms with Crippen molar-refractivity contribution >= 4 is 11.6 Å². The summed E-state index contributed by atoms with van der Waals surface area (Å²) in [5.74, 6) is 1.28. The fraction of sp³-hybridized carbons (Fsp3) is 0.667. The van der Waals surface area contributed by atoms with Gasteiger partial charge in [-0.1, -0.05) is 20.8 Å². The monoisotopic (exact) mass is 261 g/mol. The first kappa shape index (κ1) is 14.0. The minimum Gasteiger partial charge on any atom is -0.355 e. The van der Waals surface area contributed by atoms with E-state index in [0.717, 1.165) is 24.4 Å². The van der Waals surface area contributed by atoms with Crippen molar-refractivity contribution in [2.45, 2.75) is 57.9 Å². The van der Waals surface area contributed by atoms with Crippen LogP contribution in [-0.4, -0.2) is 29.1 Å². The Bertz CT molecular complexity index is 437. The molecule has 0 atom stereocenters. The molecule has 0 aliphatic heterocycles. The van der Waals surface area contributed by atoms with Gasteiger partial charge in [-0.15, -0.1) is 5.10 Å². The van der Waals surface area contributed by atoms with Crippen molar-refractivity contribution in [3.05, 3.63) is 17.8 Å². The molecule has 1 aromatic heterocycles. The fourth-order valence-corrected chi connectivity index (χ4v) is 2.41. The maximum absolute atomic E-state index is 11.3. The molecule has 0 bridgehead atoms. The predicted molar refractivity (Wildman–Crippen MR) is 76.4 cm³/mol. The van der Waals surface area contributed by atoms with E-state index in [-0.39, 0.29) is 5.41 Å². The Balaban J connectivity index is 2.07. The number of ketones is 1. The molecule has 0 unspecified atom stereocenters. The summed E-state index contributed by atoms with van der Waals surface area (Å²) >= 11 is 0. The SMILES string of the molecule is CN(c1ccc(C(C)(C)C)nn1)C1CCC(=O)CC1. The van der Waals surface area contributed by atoms with Crippen LogP contribution in [-0.2, 0) is 10.2 Å². The van der Waals surface area contributed by atoms with Crippen LogP contribution in [0.5, 0.6) is 0 Å². The van der Waals surface area contributed by atoms with E-state index in [9.17, 15) is 4.79 Å². The van der Waals surface area contributed by atoms with Gasteiger partial charge >= 0.3 is 0 Å². The summed E-state index contributed by atoms with van der Waals surface area (Å²) in [6.45, 7) is 6.40. The van der Waals surface area contributed by atoms with Crippen LogP contribution in [0.3, 0.4) is 0 Å². The van der Waals surface area contributed by atoms with Crippen LogP contribution in [0.2, 0.25) is 0 Å². The van der Waals surface area contributed by atoms with Crippen molar-refractivity contribution < 1.29 is 4.79 Å². The minimum atomic E-state index is 0.0291. The summed E-state index contributed by atoms with van der Waals surface area (Å²) in [7, 11) is 2.04. The van der Waals surface area contributed by atoms with Crippen molar-refractivity contribution in [1.29, 1.82) is 0 Å². The van der Waals surface area contributed by atoms with Gasteiger partial charge in [-0.25, -0.2) is 0 Å².